The monoisotopic (exact) mass is 272 g/mol. The van der Waals surface area contributed by atoms with E-state index in [1.165, 1.54) is 6.07 Å². The minimum absolute atomic E-state index is 0.117. The van der Waals surface area contributed by atoms with E-state index in [2.05, 4.69) is 4.98 Å². The van der Waals surface area contributed by atoms with Crippen molar-refractivity contribution < 1.29 is 9.53 Å². The van der Waals surface area contributed by atoms with Crippen LogP contribution in [0.4, 0.5) is 0 Å². The second-order valence-electron chi connectivity index (χ2n) is 4.95. The van der Waals surface area contributed by atoms with Crippen LogP contribution in [-0.4, -0.2) is 42.1 Å². The standard InChI is InChI=1S/C15H16N2O3/c1-10-3-2-4-11-14(10)13(18)9-12(16-11)15(19)17-5-7-20-8-6-17/h2-4,9H,5-8H2,1H3,(H,16,18). The number of carbonyl (C=O) groups excluding carboxylic acids is 1. The van der Waals surface area contributed by atoms with E-state index in [-0.39, 0.29) is 11.3 Å². The average Bonchev–Trinajstić information content (AvgIpc) is 2.47. The van der Waals surface area contributed by atoms with E-state index < -0.39 is 0 Å². The van der Waals surface area contributed by atoms with Gasteiger partial charge < -0.3 is 14.6 Å². The van der Waals surface area contributed by atoms with Gasteiger partial charge in [-0.05, 0) is 18.6 Å². The number of amides is 1. The molecule has 0 bridgehead atoms. The molecule has 0 saturated carbocycles. The van der Waals surface area contributed by atoms with E-state index in [4.69, 9.17) is 4.74 Å². The zero-order chi connectivity index (χ0) is 14.1. The topological polar surface area (TPSA) is 62.4 Å². The van der Waals surface area contributed by atoms with Crippen LogP contribution in [0.15, 0.2) is 29.1 Å². The summed E-state index contributed by atoms with van der Waals surface area (Å²) in [5, 5.41) is 0.644. The van der Waals surface area contributed by atoms with Gasteiger partial charge in [-0.25, -0.2) is 0 Å². The molecule has 3 rings (SSSR count). The fraction of sp³-hybridized carbons (Fsp3) is 0.333. The minimum Gasteiger partial charge on any atom is -0.378 e. The van der Waals surface area contributed by atoms with Crippen LogP contribution in [0, 0.1) is 6.92 Å². The normalized spacial score (nSPS) is 15.6. The molecular weight excluding hydrogens is 256 g/mol. The van der Waals surface area contributed by atoms with Gasteiger partial charge in [-0.15, -0.1) is 0 Å². The van der Waals surface area contributed by atoms with E-state index >= 15 is 0 Å². The van der Waals surface area contributed by atoms with Crippen molar-refractivity contribution in [1.29, 1.82) is 0 Å². The van der Waals surface area contributed by atoms with Crippen molar-refractivity contribution in [3.05, 3.63) is 45.7 Å². The average molecular weight is 272 g/mol. The molecule has 1 aromatic heterocycles. The number of carbonyl (C=O) groups is 1. The van der Waals surface area contributed by atoms with Crippen LogP contribution in [0.1, 0.15) is 16.1 Å². The van der Waals surface area contributed by atoms with Gasteiger partial charge in [0.1, 0.15) is 5.69 Å². The molecule has 0 atom stereocenters. The molecule has 0 spiro atoms. The predicted octanol–water partition coefficient (Wildman–Crippen LogP) is 1.31. The Hall–Kier alpha value is -2.14. The number of aromatic amines is 1. The van der Waals surface area contributed by atoms with Crippen LogP contribution >= 0.6 is 0 Å². The number of fused-ring (bicyclic) bond motifs is 1. The first-order valence-electron chi connectivity index (χ1n) is 6.66. The summed E-state index contributed by atoms with van der Waals surface area (Å²) < 4.78 is 5.23. The summed E-state index contributed by atoms with van der Waals surface area (Å²) in [5.41, 5.74) is 1.84. The van der Waals surface area contributed by atoms with Crippen LogP contribution in [0.2, 0.25) is 0 Å². The summed E-state index contributed by atoms with van der Waals surface area (Å²) >= 11 is 0. The maximum Gasteiger partial charge on any atom is 0.270 e. The van der Waals surface area contributed by atoms with Crippen molar-refractivity contribution >= 4 is 16.8 Å². The lowest BCUT2D eigenvalue weighted by Crippen LogP contribution is -2.41. The van der Waals surface area contributed by atoms with Gasteiger partial charge in [-0.1, -0.05) is 12.1 Å². The molecule has 1 amide bonds. The maximum absolute atomic E-state index is 12.4. The second kappa shape index (κ2) is 5.09. The molecule has 5 nitrogen and oxygen atoms in total. The van der Waals surface area contributed by atoms with Gasteiger partial charge in [0, 0.05) is 24.5 Å². The summed E-state index contributed by atoms with van der Waals surface area (Å²) in [7, 11) is 0. The van der Waals surface area contributed by atoms with E-state index in [1.807, 2.05) is 25.1 Å². The Kier molecular flexibility index (Phi) is 3.28. The number of aromatic nitrogens is 1. The zero-order valence-corrected chi connectivity index (χ0v) is 11.3. The van der Waals surface area contributed by atoms with Crippen molar-refractivity contribution in [2.75, 3.05) is 26.3 Å². The van der Waals surface area contributed by atoms with Gasteiger partial charge in [0.2, 0.25) is 0 Å². The Morgan fingerprint density at radius 3 is 2.80 bits per heavy atom. The summed E-state index contributed by atoms with van der Waals surface area (Å²) in [5.74, 6) is -0.145. The first-order chi connectivity index (χ1) is 9.66. The number of benzene rings is 1. The number of hydrogen-bond donors (Lipinski definition) is 1. The maximum atomic E-state index is 12.4. The molecule has 5 heteroatoms. The molecular formula is C15H16N2O3. The van der Waals surface area contributed by atoms with E-state index in [0.29, 0.717) is 42.9 Å². The molecule has 104 valence electrons. The summed E-state index contributed by atoms with van der Waals surface area (Å²) in [6, 6.07) is 6.98. The molecule has 1 aliphatic rings. The smallest absolute Gasteiger partial charge is 0.270 e. The minimum atomic E-state index is -0.145. The number of hydrogen-bond acceptors (Lipinski definition) is 3. The number of nitrogens with one attached hydrogen (secondary N) is 1. The van der Waals surface area contributed by atoms with E-state index in [0.717, 1.165) is 5.56 Å². The molecule has 1 saturated heterocycles. The fourth-order valence-corrected chi connectivity index (χ4v) is 2.54. The summed E-state index contributed by atoms with van der Waals surface area (Å²) in [6.45, 7) is 4.10. The van der Waals surface area contributed by atoms with Crippen molar-refractivity contribution in [3.63, 3.8) is 0 Å². The van der Waals surface area contributed by atoms with Gasteiger partial charge in [-0.3, -0.25) is 9.59 Å². The third-order valence-corrected chi connectivity index (χ3v) is 3.59. The lowest BCUT2D eigenvalue weighted by molar-refractivity contribution is 0.0299. The molecule has 20 heavy (non-hydrogen) atoms. The van der Waals surface area contributed by atoms with Gasteiger partial charge >= 0.3 is 0 Å². The van der Waals surface area contributed by atoms with Crippen LogP contribution in [0.5, 0.6) is 0 Å². The van der Waals surface area contributed by atoms with Gasteiger partial charge in [-0.2, -0.15) is 0 Å². The first-order valence-corrected chi connectivity index (χ1v) is 6.66. The number of nitrogens with zero attached hydrogens (tertiary/aromatic N) is 1. The third kappa shape index (κ3) is 2.20. The quantitative estimate of drug-likeness (QED) is 0.851. The molecule has 1 N–H and O–H groups in total. The number of morpholine rings is 1. The SMILES string of the molecule is Cc1cccc2[nH]c(C(=O)N3CCOCC3)cc(=O)c12. The molecule has 0 aliphatic carbocycles. The summed E-state index contributed by atoms with van der Waals surface area (Å²) in [6.07, 6.45) is 0. The van der Waals surface area contributed by atoms with Gasteiger partial charge in [0.25, 0.3) is 5.91 Å². The highest BCUT2D eigenvalue weighted by molar-refractivity contribution is 5.95. The highest BCUT2D eigenvalue weighted by Crippen LogP contribution is 2.14. The van der Waals surface area contributed by atoms with Crippen LogP contribution in [-0.2, 0) is 4.74 Å². The highest BCUT2D eigenvalue weighted by atomic mass is 16.5. The number of pyridine rings is 1. The molecule has 0 unspecified atom stereocenters. The second-order valence-corrected chi connectivity index (χ2v) is 4.95. The zero-order valence-electron chi connectivity index (χ0n) is 11.3. The number of rotatable bonds is 1. The Labute approximate surface area is 116 Å². The molecule has 1 fully saturated rings. The number of ether oxygens (including phenoxy) is 1. The molecule has 1 aromatic carbocycles. The molecule has 0 radical (unpaired) electrons. The largest absolute Gasteiger partial charge is 0.378 e. The van der Waals surface area contributed by atoms with E-state index in [9.17, 15) is 9.59 Å². The predicted molar refractivity (Wildman–Crippen MR) is 76.0 cm³/mol. The fourth-order valence-electron chi connectivity index (χ4n) is 2.54. The molecule has 1 aliphatic heterocycles. The number of aryl methyl sites for hydroxylation is 1. The van der Waals surface area contributed by atoms with Crippen LogP contribution in [0.3, 0.4) is 0 Å². The molecule has 2 aromatic rings. The van der Waals surface area contributed by atoms with Crippen molar-refractivity contribution in [3.8, 4) is 0 Å². The van der Waals surface area contributed by atoms with Gasteiger partial charge in [0.05, 0.1) is 18.7 Å². The van der Waals surface area contributed by atoms with Crippen LogP contribution < -0.4 is 5.43 Å². The Balaban J connectivity index is 2.04. The Morgan fingerprint density at radius 1 is 1.30 bits per heavy atom. The van der Waals surface area contributed by atoms with Gasteiger partial charge in [0.15, 0.2) is 5.43 Å². The van der Waals surface area contributed by atoms with E-state index in [1.54, 1.807) is 4.90 Å². The highest BCUT2D eigenvalue weighted by Gasteiger charge is 2.20. The molecule has 2 heterocycles. The van der Waals surface area contributed by atoms with Crippen LogP contribution in [0.25, 0.3) is 10.9 Å². The summed E-state index contributed by atoms with van der Waals surface area (Å²) in [4.78, 5) is 29.4. The Morgan fingerprint density at radius 2 is 2.05 bits per heavy atom. The lowest BCUT2D eigenvalue weighted by atomic mass is 10.1. The van der Waals surface area contributed by atoms with Crippen molar-refractivity contribution in [2.24, 2.45) is 0 Å². The lowest BCUT2D eigenvalue weighted by Gasteiger charge is -2.26. The van der Waals surface area contributed by atoms with Crippen molar-refractivity contribution in [2.45, 2.75) is 6.92 Å². The number of H-pyrrole nitrogens is 1. The first kappa shape index (κ1) is 12.9. The van der Waals surface area contributed by atoms with Crippen molar-refractivity contribution in [1.82, 2.24) is 9.88 Å². The Bertz CT molecular complexity index is 715. The third-order valence-electron chi connectivity index (χ3n) is 3.59.